The lowest BCUT2D eigenvalue weighted by Crippen LogP contribution is -2.19. The summed E-state index contributed by atoms with van der Waals surface area (Å²) in [6, 6.07) is 10.2. The number of nitrogens with zero attached hydrogens (tertiary/aromatic N) is 1. The molecule has 0 amide bonds. The molecular weight excluding hydrogens is 242 g/mol. The molecule has 0 saturated carbocycles. The van der Waals surface area contributed by atoms with Gasteiger partial charge in [0.05, 0.1) is 18.7 Å². The van der Waals surface area contributed by atoms with E-state index in [9.17, 15) is 4.79 Å². The minimum absolute atomic E-state index is 0.319. The first-order valence-corrected chi connectivity index (χ1v) is 6.66. The van der Waals surface area contributed by atoms with Crippen LogP contribution >= 0.6 is 0 Å². The molecule has 0 fully saturated rings. The van der Waals surface area contributed by atoms with E-state index in [-0.39, 0.29) is 5.97 Å². The smallest absolute Gasteiger partial charge is 0.314 e. The molecule has 1 rings (SSSR count). The molecule has 1 unspecified atom stereocenters. The number of rotatable bonds is 8. The average Bonchev–Trinajstić information content (AvgIpc) is 2.43. The molecule has 0 spiro atoms. The van der Waals surface area contributed by atoms with Crippen LogP contribution in [0.2, 0.25) is 0 Å². The van der Waals surface area contributed by atoms with Crippen LogP contribution in [0.3, 0.4) is 0 Å². The molecule has 0 aliphatic rings. The minimum Gasteiger partial charge on any atom is -0.465 e. The second-order valence-electron chi connectivity index (χ2n) is 4.35. The summed E-state index contributed by atoms with van der Waals surface area (Å²) in [7, 11) is 0. The number of benzene rings is 1. The molecular formula is C15H21NO3. The molecule has 4 heteroatoms. The van der Waals surface area contributed by atoms with Crippen LogP contribution in [-0.4, -0.2) is 24.0 Å². The normalized spacial score (nSPS) is 12.5. The zero-order valence-corrected chi connectivity index (χ0v) is 11.3. The number of esters is 1. The maximum Gasteiger partial charge on any atom is 0.314 e. The predicted octanol–water partition coefficient (Wildman–Crippen LogP) is 3.04. The van der Waals surface area contributed by atoms with E-state index < -0.39 is 5.92 Å². The van der Waals surface area contributed by atoms with Crippen molar-refractivity contribution in [2.45, 2.75) is 32.6 Å². The number of hydrogen-bond donors (Lipinski definition) is 1. The van der Waals surface area contributed by atoms with Crippen molar-refractivity contribution in [3.05, 3.63) is 35.9 Å². The van der Waals surface area contributed by atoms with Gasteiger partial charge in [0.15, 0.2) is 0 Å². The van der Waals surface area contributed by atoms with Crippen LogP contribution < -0.4 is 0 Å². The SMILES string of the molecule is CCOC(=O)C(/C=N\O)CCCCc1ccccc1. The number of carbonyl (C=O) groups excluding carboxylic acids is 1. The first-order valence-electron chi connectivity index (χ1n) is 6.66. The molecule has 0 saturated heterocycles. The fourth-order valence-corrected chi connectivity index (χ4v) is 1.92. The lowest BCUT2D eigenvalue weighted by molar-refractivity contribution is -0.145. The molecule has 1 atom stereocenters. The predicted molar refractivity (Wildman–Crippen MR) is 74.4 cm³/mol. The van der Waals surface area contributed by atoms with E-state index in [0.29, 0.717) is 13.0 Å². The van der Waals surface area contributed by atoms with Crippen LogP contribution in [0.25, 0.3) is 0 Å². The summed E-state index contributed by atoms with van der Waals surface area (Å²) < 4.78 is 4.93. The van der Waals surface area contributed by atoms with Gasteiger partial charge in [0.2, 0.25) is 0 Å². The van der Waals surface area contributed by atoms with Gasteiger partial charge in [-0.3, -0.25) is 4.79 Å². The molecule has 0 aliphatic carbocycles. The highest BCUT2D eigenvalue weighted by Gasteiger charge is 2.17. The van der Waals surface area contributed by atoms with Crippen molar-refractivity contribution < 1.29 is 14.7 Å². The van der Waals surface area contributed by atoms with Gasteiger partial charge in [0.25, 0.3) is 0 Å². The summed E-state index contributed by atoms with van der Waals surface area (Å²) in [6.45, 7) is 2.11. The summed E-state index contributed by atoms with van der Waals surface area (Å²) in [5.74, 6) is -0.763. The molecule has 0 radical (unpaired) electrons. The van der Waals surface area contributed by atoms with Crippen molar-refractivity contribution in [3.8, 4) is 0 Å². The molecule has 1 aromatic carbocycles. The van der Waals surface area contributed by atoms with Crippen molar-refractivity contribution >= 4 is 12.2 Å². The van der Waals surface area contributed by atoms with Gasteiger partial charge in [-0.25, -0.2) is 0 Å². The lowest BCUT2D eigenvalue weighted by atomic mass is 10.0. The second kappa shape index (κ2) is 9.14. The summed E-state index contributed by atoms with van der Waals surface area (Å²) in [5, 5.41) is 11.5. The van der Waals surface area contributed by atoms with E-state index in [1.54, 1.807) is 6.92 Å². The number of unbranched alkanes of at least 4 members (excludes halogenated alkanes) is 1. The molecule has 4 nitrogen and oxygen atoms in total. The first-order chi connectivity index (χ1) is 9.27. The van der Waals surface area contributed by atoms with E-state index in [2.05, 4.69) is 17.3 Å². The van der Waals surface area contributed by atoms with Crippen molar-refractivity contribution in [1.82, 2.24) is 0 Å². The summed E-state index contributed by atoms with van der Waals surface area (Å²) >= 11 is 0. The molecule has 0 aromatic heterocycles. The molecule has 0 heterocycles. The molecule has 0 bridgehead atoms. The Labute approximate surface area is 114 Å². The number of aryl methyl sites for hydroxylation is 1. The Balaban J connectivity index is 2.30. The van der Waals surface area contributed by atoms with Gasteiger partial charge in [-0.2, -0.15) is 0 Å². The maximum atomic E-state index is 11.6. The van der Waals surface area contributed by atoms with Gasteiger partial charge < -0.3 is 9.94 Å². The van der Waals surface area contributed by atoms with Gasteiger partial charge in [0.1, 0.15) is 0 Å². The van der Waals surface area contributed by atoms with Gasteiger partial charge in [0, 0.05) is 0 Å². The number of ether oxygens (including phenoxy) is 1. The molecule has 1 N–H and O–H groups in total. The third-order valence-corrected chi connectivity index (χ3v) is 2.91. The monoisotopic (exact) mass is 263 g/mol. The molecule has 104 valence electrons. The van der Waals surface area contributed by atoms with E-state index in [1.807, 2.05) is 18.2 Å². The second-order valence-corrected chi connectivity index (χ2v) is 4.35. The van der Waals surface area contributed by atoms with Crippen LogP contribution in [-0.2, 0) is 16.0 Å². The number of carbonyl (C=O) groups is 1. The van der Waals surface area contributed by atoms with Crippen LogP contribution in [0.5, 0.6) is 0 Å². The fraction of sp³-hybridized carbons (Fsp3) is 0.467. The highest BCUT2D eigenvalue weighted by molar-refractivity contribution is 5.89. The first kappa shape index (κ1) is 15.2. The van der Waals surface area contributed by atoms with Crippen LogP contribution in [0.1, 0.15) is 31.7 Å². The fourth-order valence-electron chi connectivity index (χ4n) is 1.92. The standard InChI is InChI=1S/C15H21NO3/c1-2-19-15(17)14(12-16-18)11-7-6-10-13-8-4-3-5-9-13/h3-5,8-9,12,14,18H,2,6-7,10-11H2,1H3/b16-12-. The Kier molecular flexibility index (Phi) is 7.32. The van der Waals surface area contributed by atoms with E-state index >= 15 is 0 Å². The van der Waals surface area contributed by atoms with Crippen LogP contribution in [0.15, 0.2) is 35.5 Å². The largest absolute Gasteiger partial charge is 0.465 e. The van der Waals surface area contributed by atoms with E-state index in [1.165, 1.54) is 11.8 Å². The maximum absolute atomic E-state index is 11.6. The van der Waals surface area contributed by atoms with Crippen molar-refractivity contribution in [1.29, 1.82) is 0 Å². The Morgan fingerprint density at radius 2 is 2.11 bits per heavy atom. The van der Waals surface area contributed by atoms with Crippen LogP contribution in [0, 0.1) is 5.92 Å². The Hall–Kier alpha value is -1.84. The highest BCUT2D eigenvalue weighted by Crippen LogP contribution is 2.12. The Morgan fingerprint density at radius 3 is 2.74 bits per heavy atom. The third-order valence-electron chi connectivity index (χ3n) is 2.91. The zero-order valence-electron chi connectivity index (χ0n) is 11.3. The number of oxime groups is 1. The third kappa shape index (κ3) is 6.04. The van der Waals surface area contributed by atoms with Gasteiger partial charge in [-0.05, 0) is 31.7 Å². The Bertz CT molecular complexity index is 390. The van der Waals surface area contributed by atoms with E-state index in [4.69, 9.17) is 9.94 Å². The van der Waals surface area contributed by atoms with Gasteiger partial charge >= 0.3 is 5.97 Å². The summed E-state index contributed by atoms with van der Waals surface area (Å²) in [4.78, 5) is 11.6. The summed E-state index contributed by atoms with van der Waals surface area (Å²) in [6.07, 6.45) is 4.78. The van der Waals surface area contributed by atoms with Crippen LogP contribution in [0.4, 0.5) is 0 Å². The van der Waals surface area contributed by atoms with Gasteiger partial charge in [-0.15, -0.1) is 5.16 Å². The molecule has 19 heavy (non-hydrogen) atoms. The quantitative estimate of drug-likeness (QED) is 0.258. The number of hydrogen-bond acceptors (Lipinski definition) is 4. The Morgan fingerprint density at radius 1 is 1.37 bits per heavy atom. The topological polar surface area (TPSA) is 58.9 Å². The minimum atomic E-state index is -0.444. The van der Waals surface area contributed by atoms with Gasteiger partial charge in [-0.1, -0.05) is 36.8 Å². The highest BCUT2D eigenvalue weighted by atomic mass is 16.5. The van der Waals surface area contributed by atoms with Crippen molar-refractivity contribution in [2.24, 2.45) is 11.1 Å². The zero-order chi connectivity index (χ0) is 13.9. The lowest BCUT2D eigenvalue weighted by Gasteiger charge is -2.10. The van der Waals surface area contributed by atoms with Crippen molar-refractivity contribution in [3.63, 3.8) is 0 Å². The van der Waals surface area contributed by atoms with E-state index in [0.717, 1.165) is 19.3 Å². The van der Waals surface area contributed by atoms with Crippen molar-refractivity contribution in [2.75, 3.05) is 6.61 Å². The summed E-state index contributed by atoms with van der Waals surface area (Å²) in [5.41, 5.74) is 1.30. The molecule has 1 aromatic rings. The average molecular weight is 263 g/mol. The molecule has 0 aliphatic heterocycles.